The molecule has 3 rings (SSSR count). The van der Waals surface area contributed by atoms with Gasteiger partial charge in [0.05, 0.1) is 22.8 Å². The molecule has 5 nitrogen and oxygen atoms in total. The first-order valence-electron chi connectivity index (χ1n) is 7.45. The van der Waals surface area contributed by atoms with Crippen LogP contribution in [0.3, 0.4) is 0 Å². The van der Waals surface area contributed by atoms with Gasteiger partial charge in [0.15, 0.2) is 9.84 Å². The summed E-state index contributed by atoms with van der Waals surface area (Å²) in [7, 11) is -2.92. The Labute approximate surface area is 149 Å². The molecule has 24 heavy (non-hydrogen) atoms. The number of sulfone groups is 1. The zero-order valence-electron chi connectivity index (χ0n) is 12.8. The molecule has 1 aliphatic rings. The number of para-hydroxylation sites is 1. The van der Waals surface area contributed by atoms with Gasteiger partial charge in [-0.05, 0) is 18.6 Å². The summed E-state index contributed by atoms with van der Waals surface area (Å²) in [5.74, 6) is 0.107. The van der Waals surface area contributed by atoms with Gasteiger partial charge in [-0.15, -0.1) is 11.8 Å². The fourth-order valence-electron chi connectivity index (χ4n) is 2.52. The van der Waals surface area contributed by atoms with Crippen molar-refractivity contribution >= 4 is 50.1 Å². The molecule has 0 amide bonds. The molecule has 8 heteroatoms. The van der Waals surface area contributed by atoms with Gasteiger partial charge in [-0.2, -0.15) is 0 Å². The molecule has 1 aromatic carbocycles. The molecule has 0 unspecified atom stereocenters. The van der Waals surface area contributed by atoms with Crippen LogP contribution in [0, 0.1) is 0 Å². The van der Waals surface area contributed by atoms with Crippen molar-refractivity contribution < 1.29 is 17.9 Å². The van der Waals surface area contributed by atoms with Crippen molar-refractivity contribution in [2.24, 2.45) is 0 Å². The number of carbonyl (C=O) groups is 1. The fraction of sp³-hybridized carbons (Fsp3) is 0.375. The van der Waals surface area contributed by atoms with Gasteiger partial charge in [-0.1, -0.05) is 29.8 Å². The lowest BCUT2D eigenvalue weighted by Gasteiger charge is -2.09. The Bertz CT molecular complexity index is 870. The molecule has 2 aromatic rings. The van der Waals surface area contributed by atoms with Crippen LogP contribution >= 0.6 is 23.4 Å². The van der Waals surface area contributed by atoms with Crippen molar-refractivity contribution in [1.82, 2.24) is 4.98 Å². The van der Waals surface area contributed by atoms with Crippen LogP contribution in [0.5, 0.6) is 0 Å². The highest BCUT2D eigenvalue weighted by molar-refractivity contribution is 8.02. The third-order valence-electron chi connectivity index (χ3n) is 3.77. The van der Waals surface area contributed by atoms with Crippen LogP contribution in [0.1, 0.15) is 12.0 Å². The van der Waals surface area contributed by atoms with Crippen LogP contribution in [0.4, 0.5) is 0 Å². The maximum absolute atomic E-state index is 11.9. The van der Waals surface area contributed by atoms with Gasteiger partial charge in [0, 0.05) is 16.2 Å². The normalized spacial score (nSPS) is 19.5. The number of pyridine rings is 1. The Kier molecular flexibility index (Phi) is 5.32. The molecular weight excluding hydrogens is 370 g/mol. The highest BCUT2D eigenvalue weighted by atomic mass is 35.5. The minimum Gasteiger partial charge on any atom is -0.460 e. The molecule has 2 heterocycles. The van der Waals surface area contributed by atoms with Crippen LogP contribution in [0.2, 0.25) is 5.15 Å². The molecule has 0 radical (unpaired) electrons. The van der Waals surface area contributed by atoms with Crippen molar-refractivity contribution in [1.29, 1.82) is 0 Å². The van der Waals surface area contributed by atoms with Crippen molar-refractivity contribution in [2.45, 2.75) is 18.3 Å². The molecule has 128 valence electrons. The lowest BCUT2D eigenvalue weighted by atomic mass is 10.2. The van der Waals surface area contributed by atoms with E-state index < -0.39 is 9.84 Å². The minimum atomic E-state index is -2.92. The summed E-state index contributed by atoms with van der Waals surface area (Å²) < 4.78 is 28.0. The van der Waals surface area contributed by atoms with Crippen molar-refractivity contribution in [3.63, 3.8) is 0 Å². The van der Waals surface area contributed by atoms with Gasteiger partial charge in [0.1, 0.15) is 11.8 Å². The molecule has 0 aliphatic carbocycles. The topological polar surface area (TPSA) is 73.3 Å². The second-order valence-corrected chi connectivity index (χ2v) is 9.50. The second kappa shape index (κ2) is 7.29. The lowest BCUT2D eigenvalue weighted by Crippen LogP contribution is -2.13. The van der Waals surface area contributed by atoms with E-state index in [0.29, 0.717) is 17.1 Å². The zero-order valence-corrected chi connectivity index (χ0v) is 15.2. The number of hydrogen-bond donors (Lipinski definition) is 0. The van der Waals surface area contributed by atoms with Crippen LogP contribution in [0.15, 0.2) is 30.3 Å². The van der Waals surface area contributed by atoms with E-state index in [-0.39, 0.29) is 35.1 Å². The highest BCUT2D eigenvalue weighted by Gasteiger charge is 2.28. The number of hydrogen-bond acceptors (Lipinski definition) is 6. The van der Waals surface area contributed by atoms with Crippen molar-refractivity contribution in [3.8, 4) is 0 Å². The number of rotatable bonds is 5. The van der Waals surface area contributed by atoms with Gasteiger partial charge in [0.25, 0.3) is 0 Å². The number of halogens is 1. The quantitative estimate of drug-likeness (QED) is 0.582. The summed E-state index contributed by atoms with van der Waals surface area (Å²) in [6, 6.07) is 9.42. The van der Waals surface area contributed by atoms with E-state index >= 15 is 0 Å². The van der Waals surface area contributed by atoms with Crippen molar-refractivity contribution in [2.75, 3.05) is 17.3 Å². The first-order chi connectivity index (χ1) is 11.4. The van der Waals surface area contributed by atoms with Gasteiger partial charge < -0.3 is 4.74 Å². The third kappa shape index (κ3) is 4.40. The van der Waals surface area contributed by atoms with Crippen LogP contribution in [-0.2, 0) is 26.0 Å². The molecule has 1 saturated heterocycles. The smallest absolute Gasteiger partial charge is 0.316 e. The average Bonchev–Trinajstić information content (AvgIpc) is 2.90. The molecule has 1 aliphatic heterocycles. The first kappa shape index (κ1) is 17.5. The number of nitrogens with zero attached hydrogens (tertiary/aromatic N) is 1. The molecule has 1 aromatic heterocycles. The number of fused-ring (bicyclic) bond motifs is 1. The van der Waals surface area contributed by atoms with Crippen LogP contribution < -0.4 is 0 Å². The summed E-state index contributed by atoms with van der Waals surface area (Å²) in [4.78, 5) is 16.1. The summed E-state index contributed by atoms with van der Waals surface area (Å²) >= 11 is 7.46. The summed E-state index contributed by atoms with van der Waals surface area (Å²) in [5.41, 5.74) is 1.44. The Hall–Kier alpha value is -1.31. The number of thioether (sulfide) groups is 1. The molecule has 0 N–H and O–H groups in total. The fourth-order valence-corrected chi connectivity index (χ4v) is 6.15. The number of benzene rings is 1. The van der Waals surface area contributed by atoms with E-state index in [1.807, 2.05) is 30.3 Å². The number of ether oxygens (including phenoxy) is 1. The number of carbonyl (C=O) groups excluding carboxylic acids is 1. The number of esters is 1. The minimum absolute atomic E-state index is 0.0199. The molecule has 1 fully saturated rings. The largest absolute Gasteiger partial charge is 0.460 e. The Morgan fingerprint density at radius 2 is 2.17 bits per heavy atom. The van der Waals surface area contributed by atoms with Crippen LogP contribution in [-0.4, -0.2) is 41.9 Å². The first-order valence-corrected chi connectivity index (χ1v) is 10.7. The number of aromatic nitrogens is 1. The van der Waals surface area contributed by atoms with Gasteiger partial charge >= 0.3 is 5.97 Å². The molecule has 0 bridgehead atoms. The standard InChI is InChI=1S/C16H16ClNO4S2/c17-16-12(7-11-3-1-2-4-14(11)18-16)8-22-15(19)9-23-13-5-6-24(20,21)10-13/h1-4,7,13H,5-6,8-10H2/t13-/m0/s1. The lowest BCUT2D eigenvalue weighted by molar-refractivity contribution is -0.141. The molecule has 1 atom stereocenters. The SMILES string of the molecule is O=C(CS[C@H]1CCS(=O)(=O)C1)OCc1cc2ccccc2nc1Cl. The third-order valence-corrected chi connectivity index (χ3v) is 7.35. The zero-order chi connectivity index (χ0) is 17.2. The summed E-state index contributed by atoms with van der Waals surface area (Å²) in [5, 5.41) is 1.22. The van der Waals surface area contributed by atoms with E-state index in [9.17, 15) is 13.2 Å². The maximum atomic E-state index is 11.9. The summed E-state index contributed by atoms with van der Waals surface area (Å²) in [6.45, 7) is 0.0546. The van der Waals surface area contributed by atoms with Gasteiger partial charge in [-0.25, -0.2) is 13.4 Å². The Morgan fingerprint density at radius 3 is 2.92 bits per heavy atom. The van der Waals surface area contributed by atoms with E-state index in [1.165, 1.54) is 11.8 Å². The van der Waals surface area contributed by atoms with E-state index in [4.69, 9.17) is 16.3 Å². The van der Waals surface area contributed by atoms with E-state index in [1.54, 1.807) is 0 Å². The average molecular weight is 386 g/mol. The van der Waals surface area contributed by atoms with Gasteiger partial charge in [-0.3, -0.25) is 4.79 Å². The highest BCUT2D eigenvalue weighted by Crippen LogP contribution is 2.25. The molecule has 0 spiro atoms. The predicted octanol–water partition coefficient (Wildman–Crippen LogP) is 2.85. The van der Waals surface area contributed by atoms with Crippen molar-refractivity contribution in [3.05, 3.63) is 41.0 Å². The Balaban J connectivity index is 1.54. The molecule has 0 saturated carbocycles. The monoisotopic (exact) mass is 385 g/mol. The Morgan fingerprint density at radius 1 is 1.38 bits per heavy atom. The second-order valence-electron chi connectivity index (χ2n) is 5.63. The maximum Gasteiger partial charge on any atom is 0.316 e. The van der Waals surface area contributed by atoms with Gasteiger partial charge in [0.2, 0.25) is 0 Å². The van der Waals surface area contributed by atoms with E-state index in [0.717, 1.165) is 10.9 Å². The summed E-state index contributed by atoms with van der Waals surface area (Å²) in [6.07, 6.45) is 0.598. The van der Waals surface area contributed by atoms with E-state index in [2.05, 4.69) is 4.98 Å². The molecular formula is C16H16ClNO4S2. The predicted molar refractivity (Wildman–Crippen MR) is 96.1 cm³/mol. The van der Waals surface area contributed by atoms with Crippen LogP contribution in [0.25, 0.3) is 10.9 Å².